The molecular formula is C11H11N3O2. The first kappa shape index (κ1) is 11.8. The summed E-state index contributed by atoms with van der Waals surface area (Å²) in [6.45, 7) is 5.69. The van der Waals surface area contributed by atoms with Crippen LogP contribution in [0.2, 0.25) is 0 Å². The van der Waals surface area contributed by atoms with Gasteiger partial charge >= 0.3 is 5.97 Å². The maximum absolute atomic E-state index is 11.4. The molecule has 0 saturated carbocycles. The number of nitrogens with zero attached hydrogens (tertiary/aromatic N) is 3. The molecule has 0 aliphatic heterocycles. The van der Waals surface area contributed by atoms with Gasteiger partial charge in [-0.1, -0.05) is 36.0 Å². The molecule has 0 aromatic heterocycles. The summed E-state index contributed by atoms with van der Waals surface area (Å²) in [5, 5.41) is 3.42. The summed E-state index contributed by atoms with van der Waals surface area (Å²) in [5.74, 6) is -0.445. The van der Waals surface area contributed by atoms with Crippen LogP contribution in [-0.4, -0.2) is 12.6 Å². The van der Waals surface area contributed by atoms with Gasteiger partial charge in [0.05, 0.1) is 12.2 Å². The van der Waals surface area contributed by atoms with E-state index in [-0.39, 0.29) is 5.57 Å². The van der Waals surface area contributed by atoms with E-state index in [1.54, 1.807) is 31.2 Å². The van der Waals surface area contributed by atoms with E-state index in [0.717, 1.165) is 0 Å². The molecule has 0 spiro atoms. The summed E-state index contributed by atoms with van der Waals surface area (Å²) in [6.07, 6.45) is 0. The highest BCUT2D eigenvalue weighted by atomic mass is 16.5. The Kier molecular flexibility index (Phi) is 4.12. The van der Waals surface area contributed by atoms with E-state index in [0.29, 0.717) is 17.9 Å². The Morgan fingerprint density at radius 3 is 2.62 bits per heavy atom. The van der Waals surface area contributed by atoms with Crippen LogP contribution in [0.3, 0.4) is 0 Å². The third kappa shape index (κ3) is 2.87. The van der Waals surface area contributed by atoms with E-state index in [9.17, 15) is 4.79 Å². The molecule has 5 heteroatoms. The highest BCUT2D eigenvalue weighted by Crippen LogP contribution is 2.19. The lowest BCUT2D eigenvalue weighted by molar-refractivity contribution is -0.136. The van der Waals surface area contributed by atoms with Crippen molar-refractivity contribution in [1.82, 2.24) is 0 Å². The lowest BCUT2D eigenvalue weighted by Crippen LogP contribution is -2.05. The van der Waals surface area contributed by atoms with Gasteiger partial charge in [0.25, 0.3) is 0 Å². The molecule has 1 aromatic carbocycles. The maximum atomic E-state index is 11.4. The predicted octanol–water partition coefficient (Wildman–Crippen LogP) is 3.20. The Balaban J connectivity index is 2.85. The van der Waals surface area contributed by atoms with Crippen molar-refractivity contribution in [2.75, 3.05) is 6.61 Å². The second-order valence-electron chi connectivity index (χ2n) is 2.94. The van der Waals surface area contributed by atoms with Crippen LogP contribution in [0.25, 0.3) is 16.0 Å². The Morgan fingerprint density at radius 1 is 1.50 bits per heavy atom. The second-order valence-corrected chi connectivity index (χ2v) is 2.94. The van der Waals surface area contributed by atoms with Crippen LogP contribution in [0.4, 0.5) is 5.69 Å². The first-order valence-electron chi connectivity index (χ1n) is 4.70. The normalized spacial score (nSPS) is 9.06. The highest BCUT2D eigenvalue weighted by molar-refractivity contribution is 6.15. The third-order valence-electron chi connectivity index (χ3n) is 1.90. The molecule has 0 saturated heterocycles. The molecule has 0 heterocycles. The van der Waals surface area contributed by atoms with Crippen LogP contribution in [-0.2, 0) is 9.53 Å². The van der Waals surface area contributed by atoms with Crippen molar-refractivity contribution in [3.05, 3.63) is 46.9 Å². The van der Waals surface area contributed by atoms with E-state index in [2.05, 4.69) is 16.6 Å². The zero-order chi connectivity index (χ0) is 12.0. The molecule has 82 valence electrons. The van der Waals surface area contributed by atoms with Crippen LogP contribution < -0.4 is 0 Å². The average molecular weight is 217 g/mol. The molecule has 0 atom stereocenters. The molecule has 0 radical (unpaired) electrons. The monoisotopic (exact) mass is 217 g/mol. The number of rotatable bonds is 4. The maximum Gasteiger partial charge on any atom is 0.338 e. The Hall–Kier alpha value is -2.26. The number of azide groups is 1. The van der Waals surface area contributed by atoms with Gasteiger partial charge in [-0.25, -0.2) is 4.79 Å². The highest BCUT2D eigenvalue weighted by Gasteiger charge is 2.09. The summed E-state index contributed by atoms with van der Waals surface area (Å²) in [6, 6.07) is 6.53. The van der Waals surface area contributed by atoms with E-state index in [1.165, 1.54) is 0 Å². The molecule has 0 N–H and O–H groups in total. The standard InChI is InChI=1S/C11H11N3O2/c1-3-16-11(15)8(2)9-4-6-10(7-5-9)13-14-12/h4-7H,2-3H2,1H3. The lowest BCUT2D eigenvalue weighted by atomic mass is 10.1. The molecular weight excluding hydrogens is 206 g/mol. The van der Waals surface area contributed by atoms with Crippen molar-refractivity contribution in [2.24, 2.45) is 5.11 Å². The second kappa shape index (κ2) is 5.58. The van der Waals surface area contributed by atoms with Crippen molar-refractivity contribution >= 4 is 17.2 Å². The summed E-state index contributed by atoms with van der Waals surface area (Å²) in [4.78, 5) is 14.0. The zero-order valence-corrected chi connectivity index (χ0v) is 8.88. The average Bonchev–Trinajstić information content (AvgIpc) is 2.30. The summed E-state index contributed by atoms with van der Waals surface area (Å²) in [7, 11) is 0. The Bertz CT molecular complexity index is 445. The van der Waals surface area contributed by atoms with Crippen molar-refractivity contribution in [2.45, 2.75) is 6.92 Å². The molecule has 0 fully saturated rings. The smallest absolute Gasteiger partial charge is 0.338 e. The van der Waals surface area contributed by atoms with Gasteiger partial charge in [0, 0.05) is 10.6 Å². The van der Waals surface area contributed by atoms with Gasteiger partial charge in [-0.05, 0) is 18.0 Å². The number of carbonyl (C=O) groups excluding carboxylic acids is 1. The van der Waals surface area contributed by atoms with Crippen LogP contribution in [0, 0.1) is 0 Å². The van der Waals surface area contributed by atoms with Gasteiger partial charge in [-0.2, -0.15) is 0 Å². The van der Waals surface area contributed by atoms with E-state index in [1.807, 2.05) is 0 Å². The van der Waals surface area contributed by atoms with Crippen molar-refractivity contribution in [3.8, 4) is 0 Å². The minimum Gasteiger partial charge on any atom is -0.462 e. The fourth-order valence-electron chi connectivity index (χ4n) is 1.12. The number of ether oxygens (including phenoxy) is 1. The van der Waals surface area contributed by atoms with E-state index < -0.39 is 5.97 Å². The van der Waals surface area contributed by atoms with Gasteiger partial charge < -0.3 is 4.74 Å². The number of hydrogen-bond acceptors (Lipinski definition) is 3. The molecule has 1 rings (SSSR count). The fraction of sp³-hybridized carbons (Fsp3) is 0.182. The minimum absolute atomic E-state index is 0.286. The molecule has 0 unspecified atom stereocenters. The van der Waals surface area contributed by atoms with Crippen molar-refractivity contribution in [1.29, 1.82) is 0 Å². The predicted molar refractivity (Wildman–Crippen MR) is 60.9 cm³/mol. The van der Waals surface area contributed by atoms with E-state index in [4.69, 9.17) is 10.3 Å². The summed E-state index contributed by atoms with van der Waals surface area (Å²) >= 11 is 0. The quantitative estimate of drug-likeness (QED) is 0.255. The first-order valence-corrected chi connectivity index (χ1v) is 4.70. The third-order valence-corrected chi connectivity index (χ3v) is 1.90. The molecule has 0 aliphatic carbocycles. The van der Waals surface area contributed by atoms with Gasteiger partial charge in [0.1, 0.15) is 0 Å². The van der Waals surface area contributed by atoms with Crippen LogP contribution in [0.15, 0.2) is 36.0 Å². The largest absolute Gasteiger partial charge is 0.462 e. The molecule has 0 amide bonds. The number of carbonyl (C=O) groups is 1. The van der Waals surface area contributed by atoms with Crippen LogP contribution >= 0.6 is 0 Å². The van der Waals surface area contributed by atoms with Crippen molar-refractivity contribution < 1.29 is 9.53 Å². The molecule has 16 heavy (non-hydrogen) atoms. The lowest BCUT2D eigenvalue weighted by Gasteiger charge is -2.05. The van der Waals surface area contributed by atoms with Gasteiger partial charge in [-0.15, -0.1) is 0 Å². The van der Waals surface area contributed by atoms with Crippen LogP contribution in [0.1, 0.15) is 12.5 Å². The summed E-state index contributed by atoms with van der Waals surface area (Å²) < 4.78 is 4.82. The fourth-order valence-corrected chi connectivity index (χ4v) is 1.12. The zero-order valence-electron chi connectivity index (χ0n) is 8.88. The molecule has 5 nitrogen and oxygen atoms in total. The summed E-state index contributed by atoms with van der Waals surface area (Å²) in [5.41, 5.74) is 9.65. The first-order chi connectivity index (χ1) is 7.69. The van der Waals surface area contributed by atoms with Gasteiger partial charge in [0.2, 0.25) is 0 Å². The molecule has 0 bridgehead atoms. The minimum atomic E-state index is -0.445. The SMILES string of the molecule is C=C(C(=O)OCC)c1ccc(N=[N+]=[N-])cc1. The molecule has 1 aromatic rings. The number of hydrogen-bond donors (Lipinski definition) is 0. The number of benzene rings is 1. The molecule has 0 aliphatic rings. The Morgan fingerprint density at radius 2 is 2.12 bits per heavy atom. The van der Waals surface area contributed by atoms with Crippen molar-refractivity contribution in [3.63, 3.8) is 0 Å². The van der Waals surface area contributed by atoms with E-state index >= 15 is 0 Å². The van der Waals surface area contributed by atoms with Gasteiger partial charge in [-0.3, -0.25) is 0 Å². The topological polar surface area (TPSA) is 75.1 Å². The van der Waals surface area contributed by atoms with Gasteiger partial charge in [0.15, 0.2) is 0 Å². The van der Waals surface area contributed by atoms with Crippen LogP contribution in [0.5, 0.6) is 0 Å². The Labute approximate surface area is 93.0 Å². The number of esters is 1.